The molecule has 0 aliphatic carbocycles. The van der Waals surface area contributed by atoms with Crippen LogP contribution in [0.1, 0.15) is 22.3 Å². The minimum absolute atomic E-state index is 0.0201. The fourth-order valence-corrected chi connectivity index (χ4v) is 2.73. The van der Waals surface area contributed by atoms with E-state index in [1.807, 2.05) is 0 Å². The van der Waals surface area contributed by atoms with E-state index in [1.54, 1.807) is 25.9 Å². The third-order valence-electron chi connectivity index (χ3n) is 3.74. The Morgan fingerprint density at radius 3 is 2.67 bits per heavy atom. The molecule has 1 aliphatic rings. The molecule has 0 saturated carbocycles. The van der Waals surface area contributed by atoms with E-state index in [4.69, 9.17) is 11.6 Å². The summed E-state index contributed by atoms with van der Waals surface area (Å²) in [7, 11) is 3.40. The van der Waals surface area contributed by atoms with Gasteiger partial charge in [-0.25, -0.2) is 4.39 Å². The predicted octanol–water partition coefficient (Wildman–Crippen LogP) is 2.34. The Balaban J connectivity index is 2.16. The largest absolute Gasteiger partial charge is 0.349 e. The second kappa shape index (κ2) is 6.02. The van der Waals surface area contributed by atoms with Crippen LogP contribution in [-0.2, 0) is 4.79 Å². The van der Waals surface area contributed by atoms with Gasteiger partial charge in [0.1, 0.15) is 5.82 Å². The molecule has 21 heavy (non-hydrogen) atoms. The van der Waals surface area contributed by atoms with Crippen molar-refractivity contribution < 1.29 is 14.0 Å². The smallest absolute Gasteiger partial charge is 0.255 e. The van der Waals surface area contributed by atoms with Crippen LogP contribution in [0.3, 0.4) is 0 Å². The zero-order valence-electron chi connectivity index (χ0n) is 12.3. The number of benzene rings is 1. The summed E-state index contributed by atoms with van der Waals surface area (Å²) in [6, 6.07) is 2.61. The molecule has 1 fully saturated rings. The van der Waals surface area contributed by atoms with Gasteiger partial charge in [-0.2, -0.15) is 0 Å². The van der Waals surface area contributed by atoms with Gasteiger partial charge in [-0.1, -0.05) is 11.6 Å². The first-order valence-electron chi connectivity index (χ1n) is 6.77. The quantitative estimate of drug-likeness (QED) is 0.841. The molecule has 4 nitrogen and oxygen atoms in total. The molecule has 1 atom stereocenters. The second-order valence-electron chi connectivity index (χ2n) is 5.55. The lowest BCUT2D eigenvalue weighted by Gasteiger charge is -2.19. The standard InChI is InChI=1S/C15H18ClFN2O2/c1-9-6-11(12(16)7-13(9)17)15(21)19-5-4-10(8-19)14(20)18(2)3/h6-7,10H,4-5,8H2,1-3H3. The number of rotatable bonds is 2. The topological polar surface area (TPSA) is 40.6 Å². The molecule has 0 spiro atoms. The Labute approximate surface area is 128 Å². The molecule has 6 heteroatoms. The zero-order valence-corrected chi connectivity index (χ0v) is 13.1. The van der Waals surface area contributed by atoms with Gasteiger partial charge in [-0.05, 0) is 31.0 Å². The molecule has 1 heterocycles. The Morgan fingerprint density at radius 1 is 1.38 bits per heavy atom. The maximum atomic E-state index is 13.4. The lowest BCUT2D eigenvalue weighted by molar-refractivity contribution is -0.132. The molecule has 1 aromatic rings. The Kier molecular flexibility index (Phi) is 4.52. The molecule has 1 saturated heterocycles. The van der Waals surface area contributed by atoms with Gasteiger partial charge in [0.05, 0.1) is 16.5 Å². The highest BCUT2D eigenvalue weighted by molar-refractivity contribution is 6.33. The normalized spacial score (nSPS) is 18.0. The minimum Gasteiger partial charge on any atom is -0.349 e. The van der Waals surface area contributed by atoms with Crippen molar-refractivity contribution in [3.05, 3.63) is 34.1 Å². The predicted molar refractivity (Wildman–Crippen MR) is 78.9 cm³/mol. The van der Waals surface area contributed by atoms with Crippen LogP contribution in [0.5, 0.6) is 0 Å². The van der Waals surface area contributed by atoms with Crippen molar-refractivity contribution in [2.45, 2.75) is 13.3 Å². The van der Waals surface area contributed by atoms with Crippen molar-refractivity contribution in [2.24, 2.45) is 5.92 Å². The van der Waals surface area contributed by atoms with Crippen LogP contribution in [0.4, 0.5) is 4.39 Å². The van der Waals surface area contributed by atoms with Crippen LogP contribution >= 0.6 is 11.6 Å². The van der Waals surface area contributed by atoms with Crippen molar-refractivity contribution in [1.82, 2.24) is 9.80 Å². The summed E-state index contributed by atoms with van der Waals surface area (Å²) < 4.78 is 13.4. The second-order valence-corrected chi connectivity index (χ2v) is 5.96. The first kappa shape index (κ1) is 15.8. The van der Waals surface area contributed by atoms with Crippen molar-refractivity contribution >= 4 is 23.4 Å². The third kappa shape index (κ3) is 3.18. The number of halogens is 2. The molecule has 114 valence electrons. The van der Waals surface area contributed by atoms with Crippen molar-refractivity contribution in [1.29, 1.82) is 0 Å². The highest BCUT2D eigenvalue weighted by atomic mass is 35.5. The average molecular weight is 313 g/mol. The summed E-state index contributed by atoms with van der Waals surface area (Å²) in [5.41, 5.74) is 0.663. The molecular formula is C15H18ClFN2O2. The zero-order chi connectivity index (χ0) is 15.7. The maximum absolute atomic E-state index is 13.4. The Hall–Kier alpha value is -1.62. The molecule has 0 aromatic heterocycles. The lowest BCUT2D eigenvalue weighted by Crippen LogP contribution is -2.34. The van der Waals surface area contributed by atoms with Crippen LogP contribution in [0.25, 0.3) is 0 Å². The summed E-state index contributed by atoms with van der Waals surface area (Å²) in [4.78, 5) is 27.5. The number of likely N-dealkylation sites (tertiary alicyclic amines) is 1. The van der Waals surface area contributed by atoms with Crippen LogP contribution in [0.15, 0.2) is 12.1 Å². The lowest BCUT2D eigenvalue weighted by atomic mass is 10.1. The van der Waals surface area contributed by atoms with Crippen LogP contribution < -0.4 is 0 Å². The number of nitrogens with zero attached hydrogens (tertiary/aromatic N) is 2. The maximum Gasteiger partial charge on any atom is 0.255 e. The van der Waals surface area contributed by atoms with Gasteiger partial charge in [0.2, 0.25) is 5.91 Å². The number of carbonyl (C=O) groups excluding carboxylic acids is 2. The molecule has 0 bridgehead atoms. The molecular weight excluding hydrogens is 295 g/mol. The summed E-state index contributed by atoms with van der Waals surface area (Å²) in [6.07, 6.45) is 0.639. The highest BCUT2D eigenvalue weighted by Gasteiger charge is 2.33. The fourth-order valence-electron chi connectivity index (χ4n) is 2.50. The van der Waals surface area contributed by atoms with E-state index < -0.39 is 5.82 Å². The van der Waals surface area contributed by atoms with E-state index in [9.17, 15) is 14.0 Å². The van der Waals surface area contributed by atoms with Gasteiger partial charge in [0, 0.05) is 27.2 Å². The fraction of sp³-hybridized carbons (Fsp3) is 0.467. The average Bonchev–Trinajstić information content (AvgIpc) is 2.90. The van der Waals surface area contributed by atoms with Crippen LogP contribution in [0.2, 0.25) is 5.02 Å². The van der Waals surface area contributed by atoms with E-state index in [0.29, 0.717) is 25.1 Å². The first-order chi connectivity index (χ1) is 9.81. The molecule has 1 unspecified atom stereocenters. The van der Waals surface area contributed by atoms with E-state index in [1.165, 1.54) is 11.0 Å². The summed E-state index contributed by atoms with van der Waals surface area (Å²) in [6.45, 7) is 2.48. The number of hydrogen-bond acceptors (Lipinski definition) is 2. The Morgan fingerprint density at radius 2 is 2.05 bits per heavy atom. The number of carbonyl (C=O) groups is 2. The van der Waals surface area contributed by atoms with Gasteiger partial charge in [0.25, 0.3) is 5.91 Å². The van der Waals surface area contributed by atoms with Crippen molar-refractivity contribution in [2.75, 3.05) is 27.2 Å². The number of hydrogen-bond donors (Lipinski definition) is 0. The van der Waals surface area contributed by atoms with Gasteiger partial charge >= 0.3 is 0 Å². The molecule has 0 radical (unpaired) electrons. The number of amides is 2. The first-order valence-corrected chi connectivity index (χ1v) is 7.15. The molecule has 1 aromatic carbocycles. The molecule has 1 aliphatic heterocycles. The van der Waals surface area contributed by atoms with E-state index in [0.717, 1.165) is 6.07 Å². The summed E-state index contributed by atoms with van der Waals surface area (Å²) in [5, 5.41) is 0.102. The highest BCUT2D eigenvalue weighted by Crippen LogP contribution is 2.25. The monoisotopic (exact) mass is 312 g/mol. The van der Waals surface area contributed by atoms with Gasteiger partial charge in [-0.3, -0.25) is 9.59 Å². The Bertz CT molecular complexity index is 589. The van der Waals surface area contributed by atoms with E-state index in [2.05, 4.69) is 0 Å². The van der Waals surface area contributed by atoms with Gasteiger partial charge in [-0.15, -0.1) is 0 Å². The third-order valence-corrected chi connectivity index (χ3v) is 4.06. The number of aryl methyl sites for hydroxylation is 1. The van der Waals surface area contributed by atoms with Crippen molar-refractivity contribution in [3.63, 3.8) is 0 Å². The van der Waals surface area contributed by atoms with E-state index >= 15 is 0 Å². The molecule has 0 N–H and O–H groups in total. The van der Waals surface area contributed by atoms with E-state index in [-0.39, 0.29) is 28.3 Å². The summed E-state index contributed by atoms with van der Waals surface area (Å²) >= 11 is 5.96. The minimum atomic E-state index is -0.432. The van der Waals surface area contributed by atoms with Crippen molar-refractivity contribution in [3.8, 4) is 0 Å². The van der Waals surface area contributed by atoms with Crippen LogP contribution in [-0.4, -0.2) is 48.8 Å². The summed E-state index contributed by atoms with van der Waals surface area (Å²) in [5.74, 6) is -0.841. The molecule has 2 amide bonds. The van der Waals surface area contributed by atoms with Gasteiger partial charge < -0.3 is 9.80 Å². The SMILES string of the molecule is Cc1cc(C(=O)N2CCC(C(=O)N(C)C)C2)c(Cl)cc1F. The van der Waals surface area contributed by atoms with Gasteiger partial charge in [0.15, 0.2) is 0 Å². The molecule has 2 rings (SSSR count). The van der Waals surface area contributed by atoms with Crippen LogP contribution in [0, 0.1) is 18.7 Å².